The number of thioether (sulfide) groups is 1. The standard InChI is InChI=1S/C10H11F3N2S/c11-10(12,13)16-9-4-2-1-3-8(9)15-7-5-14-6-7/h1-4,7,14-15H,5-6H2. The lowest BCUT2D eigenvalue weighted by molar-refractivity contribution is -0.0327. The number of hydrogen-bond donors (Lipinski definition) is 2. The van der Waals surface area contributed by atoms with Gasteiger partial charge in [0.05, 0.1) is 6.04 Å². The van der Waals surface area contributed by atoms with Crippen molar-refractivity contribution in [3.63, 3.8) is 0 Å². The van der Waals surface area contributed by atoms with Crippen LogP contribution in [0.3, 0.4) is 0 Å². The highest BCUT2D eigenvalue weighted by Crippen LogP contribution is 2.40. The zero-order chi connectivity index (χ0) is 11.6. The summed E-state index contributed by atoms with van der Waals surface area (Å²) < 4.78 is 36.8. The van der Waals surface area contributed by atoms with Gasteiger partial charge in [0, 0.05) is 23.7 Å². The third-order valence-corrected chi connectivity index (χ3v) is 3.06. The number of para-hydroxylation sites is 1. The van der Waals surface area contributed by atoms with E-state index in [4.69, 9.17) is 0 Å². The van der Waals surface area contributed by atoms with E-state index in [-0.39, 0.29) is 22.7 Å². The van der Waals surface area contributed by atoms with E-state index >= 15 is 0 Å². The Balaban J connectivity index is 2.09. The van der Waals surface area contributed by atoms with Gasteiger partial charge in [0.1, 0.15) is 0 Å². The maximum atomic E-state index is 12.3. The van der Waals surface area contributed by atoms with E-state index in [1.54, 1.807) is 18.2 Å². The van der Waals surface area contributed by atoms with Crippen LogP contribution in [-0.2, 0) is 0 Å². The number of alkyl halides is 3. The second-order valence-electron chi connectivity index (χ2n) is 3.54. The van der Waals surface area contributed by atoms with Crippen LogP contribution in [0.25, 0.3) is 0 Å². The molecule has 0 bridgehead atoms. The van der Waals surface area contributed by atoms with E-state index in [0.717, 1.165) is 13.1 Å². The Hall–Kier alpha value is -0.880. The SMILES string of the molecule is FC(F)(F)Sc1ccccc1NC1CNC1. The number of rotatable bonds is 3. The molecular formula is C10H11F3N2S. The molecule has 0 unspecified atom stereocenters. The normalized spacial score (nSPS) is 16.9. The van der Waals surface area contributed by atoms with Gasteiger partial charge in [0.25, 0.3) is 0 Å². The smallest absolute Gasteiger partial charge is 0.379 e. The highest BCUT2D eigenvalue weighted by atomic mass is 32.2. The van der Waals surface area contributed by atoms with Crippen LogP contribution in [0.1, 0.15) is 0 Å². The van der Waals surface area contributed by atoms with Gasteiger partial charge < -0.3 is 10.6 Å². The first kappa shape index (κ1) is 11.6. The summed E-state index contributed by atoms with van der Waals surface area (Å²) in [5, 5.41) is 6.14. The van der Waals surface area contributed by atoms with Crippen LogP contribution in [0.5, 0.6) is 0 Å². The fourth-order valence-electron chi connectivity index (χ4n) is 1.41. The average Bonchev–Trinajstić information content (AvgIpc) is 2.11. The minimum Gasteiger partial charge on any atom is -0.379 e. The van der Waals surface area contributed by atoms with Crippen LogP contribution in [0, 0.1) is 0 Å². The Morgan fingerprint density at radius 2 is 1.94 bits per heavy atom. The Morgan fingerprint density at radius 1 is 1.25 bits per heavy atom. The molecule has 0 saturated carbocycles. The van der Waals surface area contributed by atoms with Crippen molar-refractivity contribution >= 4 is 17.4 Å². The second kappa shape index (κ2) is 4.55. The Morgan fingerprint density at radius 3 is 2.50 bits per heavy atom. The largest absolute Gasteiger partial charge is 0.446 e. The molecule has 0 radical (unpaired) electrons. The van der Waals surface area contributed by atoms with Crippen molar-refractivity contribution in [2.75, 3.05) is 18.4 Å². The molecule has 16 heavy (non-hydrogen) atoms. The minimum absolute atomic E-state index is 0.0790. The summed E-state index contributed by atoms with van der Waals surface area (Å²) in [5.74, 6) is 0. The third-order valence-electron chi connectivity index (χ3n) is 2.25. The maximum absolute atomic E-state index is 12.3. The molecule has 2 rings (SSSR count). The Bertz CT molecular complexity index is 363. The van der Waals surface area contributed by atoms with Crippen molar-refractivity contribution < 1.29 is 13.2 Å². The van der Waals surface area contributed by atoms with E-state index in [2.05, 4.69) is 10.6 Å². The number of nitrogens with one attached hydrogen (secondary N) is 2. The summed E-state index contributed by atoms with van der Waals surface area (Å²) in [6.07, 6.45) is 0. The minimum atomic E-state index is -4.24. The number of benzene rings is 1. The summed E-state index contributed by atoms with van der Waals surface area (Å²) in [6.45, 7) is 1.59. The molecule has 1 aliphatic heterocycles. The first-order chi connectivity index (χ1) is 7.54. The predicted octanol–water partition coefficient (Wildman–Crippen LogP) is 2.68. The lowest BCUT2D eigenvalue weighted by Gasteiger charge is -2.29. The van der Waals surface area contributed by atoms with E-state index in [1.165, 1.54) is 6.07 Å². The summed E-state index contributed by atoms with van der Waals surface area (Å²) >= 11 is -0.0790. The van der Waals surface area contributed by atoms with Gasteiger partial charge in [0.2, 0.25) is 0 Å². The van der Waals surface area contributed by atoms with E-state index in [0.29, 0.717) is 5.69 Å². The summed E-state index contributed by atoms with van der Waals surface area (Å²) in [7, 11) is 0. The van der Waals surface area contributed by atoms with Crippen LogP contribution in [0.2, 0.25) is 0 Å². The van der Waals surface area contributed by atoms with Crippen molar-refractivity contribution in [3.05, 3.63) is 24.3 Å². The van der Waals surface area contributed by atoms with Crippen LogP contribution in [0.4, 0.5) is 18.9 Å². The Labute approximate surface area is 95.6 Å². The summed E-state index contributed by atoms with van der Waals surface area (Å²) in [4.78, 5) is 0.224. The number of anilines is 1. The summed E-state index contributed by atoms with van der Waals surface area (Å²) in [6, 6.07) is 6.72. The molecule has 2 nitrogen and oxygen atoms in total. The zero-order valence-electron chi connectivity index (χ0n) is 8.34. The van der Waals surface area contributed by atoms with Gasteiger partial charge >= 0.3 is 5.51 Å². The van der Waals surface area contributed by atoms with Crippen LogP contribution in [-0.4, -0.2) is 24.6 Å². The van der Waals surface area contributed by atoms with Gasteiger partial charge in [-0.15, -0.1) is 0 Å². The molecule has 88 valence electrons. The highest BCUT2D eigenvalue weighted by Gasteiger charge is 2.30. The second-order valence-corrected chi connectivity index (χ2v) is 4.65. The third kappa shape index (κ3) is 3.05. The maximum Gasteiger partial charge on any atom is 0.446 e. The van der Waals surface area contributed by atoms with E-state index in [1.807, 2.05) is 0 Å². The van der Waals surface area contributed by atoms with Crippen molar-refractivity contribution in [1.29, 1.82) is 0 Å². The van der Waals surface area contributed by atoms with Gasteiger partial charge in [-0.3, -0.25) is 0 Å². The average molecular weight is 248 g/mol. The molecule has 1 aromatic rings. The van der Waals surface area contributed by atoms with Gasteiger partial charge in [0.15, 0.2) is 0 Å². The van der Waals surface area contributed by atoms with Gasteiger partial charge in [-0.05, 0) is 23.9 Å². The van der Waals surface area contributed by atoms with Crippen molar-refractivity contribution in [1.82, 2.24) is 5.32 Å². The van der Waals surface area contributed by atoms with Crippen molar-refractivity contribution in [2.24, 2.45) is 0 Å². The summed E-state index contributed by atoms with van der Waals surface area (Å²) in [5.41, 5.74) is -3.69. The first-order valence-electron chi connectivity index (χ1n) is 4.86. The molecule has 1 aromatic carbocycles. The first-order valence-corrected chi connectivity index (χ1v) is 5.68. The molecular weight excluding hydrogens is 237 g/mol. The van der Waals surface area contributed by atoms with Crippen molar-refractivity contribution in [2.45, 2.75) is 16.4 Å². The number of hydrogen-bond acceptors (Lipinski definition) is 3. The van der Waals surface area contributed by atoms with Crippen molar-refractivity contribution in [3.8, 4) is 0 Å². The fourth-order valence-corrected chi connectivity index (χ4v) is 2.04. The van der Waals surface area contributed by atoms with Crippen LogP contribution in [0.15, 0.2) is 29.2 Å². The molecule has 1 fully saturated rings. The molecule has 0 aliphatic carbocycles. The molecule has 0 spiro atoms. The van der Waals surface area contributed by atoms with E-state index in [9.17, 15) is 13.2 Å². The fraction of sp³-hybridized carbons (Fsp3) is 0.400. The van der Waals surface area contributed by atoms with Crippen LogP contribution < -0.4 is 10.6 Å². The number of halogens is 3. The lowest BCUT2D eigenvalue weighted by Crippen LogP contribution is -2.51. The van der Waals surface area contributed by atoms with Crippen LogP contribution >= 0.6 is 11.8 Å². The van der Waals surface area contributed by atoms with E-state index < -0.39 is 5.51 Å². The molecule has 2 N–H and O–H groups in total. The molecule has 1 heterocycles. The zero-order valence-corrected chi connectivity index (χ0v) is 9.16. The highest BCUT2D eigenvalue weighted by molar-refractivity contribution is 8.00. The molecule has 0 atom stereocenters. The van der Waals surface area contributed by atoms with Gasteiger partial charge in [-0.1, -0.05) is 12.1 Å². The lowest BCUT2D eigenvalue weighted by atomic mass is 10.1. The topological polar surface area (TPSA) is 24.1 Å². The molecule has 0 amide bonds. The molecule has 0 aromatic heterocycles. The van der Waals surface area contributed by atoms with Gasteiger partial charge in [-0.25, -0.2) is 0 Å². The van der Waals surface area contributed by atoms with Gasteiger partial charge in [-0.2, -0.15) is 13.2 Å². The quantitative estimate of drug-likeness (QED) is 0.804. The molecule has 1 aliphatic rings. The molecule has 1 saturated heterocycles. The monoisotopic (exact) mass is 248 g/mol. The molecule has 6 heteroatoms. The predicted molar refractivity (Wildman–Crippen MR) is 58.6 cm³/mol. The Kier molecular flexibility index (Phi) is 3.30.